The lowest BCUT2D eigenvalue weighted by Crippen LogP contribution is -2.18. The molecular weight excluding hydrogens is 383 g/mol. The van der Waals surface area contributed by atoms with Crippen molar-refractivity contribution in [2.75, 3.05) is 16.5 Å². The smallest absolute Gasteiger partial charge is 0.261 e. The maximum atomic E-state index is 14.1. The van der Waals surface area contributed by atoms with Crippen molar-refractivity contribution in [2.24, 2.45) is 5.84 Å². The molecule has 0 radical (unpaired) electrons. The van der Waals surface area contributed by atoms with Crippen LogP contribution in [0.2, 0.25) is 0 Å². The topological polar surface area (TPSA) is 106 Å². The predicted octanol–water partition coefficient (Wildman–Crippen LogP) is 3.68. The summed E-state index contributed by atoms with van der Waals surface area (Å²) in [7, 11) is 0. The predicted molar refractivity (Wildman–Crippen MR) is 105 cm³/mol. The van der Waals surface area contributed by atoms with Crippen LogP contribution in [0.3, 0.4) is 0 Å². The van der Waals surface area contributed by atoms with Gasteiger partial charge in [0.25, 0.3) is 5.91 Å². The number of anilines is 3. The zero-order chi connectivity index (χ0) is 21.1. The van der Waals surface area contributed by atoms with Gasteiger partial charge in [-0.25, -0.2) is 24.0 Å². The number of nitrogens with one attached hydrogen (secondary N) is 2. The lowest BCUT2D eigenvalue weighted by molar-refractivity contribution is 0.101. The van der Waals surface area contributed by atoms with Crippen LogP contribution < -0.4 is 22.3 Å². The number of amides is 1. The first-order valence-corrected chi connectivity index (χ1v) is 8.28. The van der Waals surface area contributed by atoms with Gasteiger partial charge in [0.1, 0.15) is 23.0 Å². The lowest BCUT2D eigenvalue weighted by Gasteiger charge is -2.14. The van der Waals surface area contributed by atoms with E-state index >= 15 is 0 Å². The van der Waals surface area contributed by atoms with Crippen LogP contribution in [0.25, 0.3) is 5.57 Å². The Balaban J connectivity index is 1.96. The average molecular weight is 399 g/mol. The summed E-state index contributed by atoms with van der Waals surface area (Å²) in [6.45, 7) is 3.91. The molecule has 3 rings (SSSR count). The van der Waals surface area contributed by atoms with E-state index in [4.69, 9.17) is 11.6 Å². The molecule has 148 valence electrons. The summed E-state index contributed by atoms with van der Waals surface area (Å²) in [5.41, 5.74) is 7.88. The minimum atomic E-state index is -1.17. The molecule has 0 saturated heterocycles. The molecule has 6 nitrogen and oxygen atoms in total. The molecule has 0 bridgehead atoms. The van der Waals surface area contributed by atoms with Crippen molar-refractivity contribution in [1.82, 2.24) is 4.98 Å². The quantitative estimate of drug-likeness (QED) is 0.298. The molecule has 0 saturated carbocycles. The van der Waals surface area contributed by atoms with Gasteiger partial charge in [0, 0.05) is 5.56 Å². The number of benzene rings is 2. The molecule has 29 heavy (non-hydrogen) atoms. The minimum absolute atomic E-state index is 0.114. The van der Waals surface area contributed by atoms with Gasteiger partial charge in [-0.05, 0) is 41.5 Å². The molecule has 0 unspecified atom stereocenters. The molecule has 0 spiro atoms. The fourth-order valence-corrected chi connectivity index (χ4v) is 2.68. The Morgan fingerprint density at radius 3 is 2.55 bits per heavy atom. The van der Waals surface area contributed by atoms with Crippen LogP contribution in [0.1, 0.15) is 21.5 Å². The van der Waals surface area contributed by atoms with Crippen LogP contribution in [-0.4, -0.2) is 10.9 Å². The monoisotopic (exact) mass is 399 g/mol. The van der Waals surface area contributed by atoms with Crippen molar-refractivity contribution in [2.45, 2.75) is 0 Å². The highest BCUT2D eigenvalue weighted by atomic mass is 19.1. The molecule has 1 aromatic heterocycles. The van der Waals surface area contributed by atoms with Gasteiger partial charge in [-0.1, -0.05) is 18.7 Å². The summed E-state index contributed by atoms with van der Waals surface area (Å²) >= 11 is 0. The lowest BCUT2D eigenvalue weighted by atomic mass is 9.99. The van der Waals surface area contributed by atoms with Crippen LogP contribution in [-0.2, 0) is 0 Å². The van der Waals surface area contributed by atoms with Crippen LogP contribution in [0.15, 0.2) is 55.2 Å². The first-order valence-electron chi connectivity index (χ1n) is 8.28. The summed E-state index contributed by atoms with van der Waals surface area (Å²) in [6.07, 6.45) is 1.23. The van der Waals surface area contributed by atoms with Crippen LogP contribution in [0.5, 0.6) is 0 Å². The molecule has 0 atom stereocenters. The van der Waals surface area contributed by atoms with E-state index in [1.54, 1.807) is 6.07 Å². The number of nitrogen functional groups attached to an aromatic ring is 2. The first kappa shape index (κ1) is 19.9. The zero-order valence-electron chi connectivity index (χ0n) is 15.0. The normalized spacial score (nSPS) is 10.5. The van der Waals surface area contributed by atoms with Gasteiger partial charge < -0.3 is 16.5 Å². The standard InChI is InChI=1S/C20H16F3N5O/c1-10(11-3-2-4-12(21)7-11)14-8-13(9-26-19(14)28-25)27-20(29)17-15(22)5-6-16(24)18(17)23/h2-9H,1,24-25H2,(H,26,28)(H,27,29). The van der Waals surface area contributed by atoms with Crippen molar-refractivity contribution in [3.63, 3.8) is 0 Å². The van der Waals surface area contributed by atoms with Crippen LogP contribution in [0.4, 0.5) is 30.4 Å². The third-order valence-electron chi connectivity index (χ3n) is 4.13. The summed E-state index contributed by atoms with van der Waals surface area (Å²) in [4.78, 5) is 16.4. The number of pyridine rings is 1. The average Bonchev–Trinajstić information content (AvgIpc) is 2.70. The van der Waals surface area contributed by atoms with Gasteiger partial charge in [0.15, 0.2) is 5.82 Å². The molecule has 0 aliphatic carbocycles. The first-order chi connectivity index (χ1) is 13.8. The molecule has 2 aromatic carbocycles. The van der Waals surface area contributed by atoms with E-state index in [1.807, 2.05) is 0 Å². The molecule has 9 heteroatoms. The molecule has 0 aliphatic rings. The number of carbonyl (C=O) groups is 1. The molecular formula is C20H16F3N5O. The van der Waals surface area contributed by atoms with Gasteiger partial charge in [0.2, 0.25) is 0 Å². The van der Waals surface area contributed by atoms with E-state index in [1.165, 1.54) is 30.5 Å². The van der Waals surface area contributed by atoms with Crippen molar-refractivity contribution in [1.29, 1.82) is 0 Å². The maximum Gasteiger partial charge on any atom is 0.261 e. The number of hydrogen-bond acceptors (Lipinski definition) is 5. The molecule has 1 amide bonds. The van der Waals surface area contributed by atoms with Crippen molar-refractivity contribution in [3.8, 4) is 0 Å². The second kappa shape index (κ2) is 8.03. The number of nitrogens with zero attached hydrogens (tertiary/aromatic N) is 1. The largest absolute Gasteiger partial charge is 0.396 e. The number of nitrogens with two attached hydrogens (primary N) is 2. The number of hydrogen-bond donors (Lipinski definition) is 4. The third kappa shape index (κ3) is 4.04. The third-order valence-corrected chi connectivity index (χ3v) is 4.13. The Bertz CT molecular complexity index is 1120. The molecule has 0 fully saturated rings. The Labute approximate surface area is 164 Å². The highest BCUT2D eigenvalue weighted by Gasteiger charge is 2.20. The summed E-state index contributed by atoms with van der Waals surface area (Å²) in [6, 6.07) is 9.05. The number of rotatable bonds is 5. The van der Waals surface area contributed by atoms with Gasteiger partial charge >= 0.3 is 0 Å². The van der Waals surface area contributed by atoms with Gasteiger partial charge in [-0.3, -0.25) is 4.79 Å². The summed E-state index contributed by atoms with van der Waals surface area (Å²) in [5.74, 6) is 1.93. The second-order valence-corrected chi connectivity index (χ2v) is 6.03. The minimum Gasteiger partial charge on any atom is -0.396 e. The van der Waals surface area contributed by atoms with Gasteiger partial charge in [-0.15, -0.1) is 0 Å². The Morgan fingerprint density at radius 1 is 1.10 bits per heavy atom. The zero-order valence-corrected chi connectivity index (χ0v) is 15.0. The number of aromatic nitrogens is 1. The van der Waals surface area contributed by atoms with Crippen molar-refractivity contribution >= 4 is 28.7 Å². The van der Waals surface area contributed by atoms with Gasteiger partial charge in [-0.2, -0.15) is 0 Å². The van der Waals surface area contributed by atoms with Crippen LogP contribution >= 0.6 is 0 Å². The van der Waals surface area contributed by atoms with Crippen molar-refractivity contribution < 1.29 is 18.0 Å². The SMILES string of the molecule is C=C(c1cccc(F)c1)c1cc(NC(=O)c2c(F)ccc(N)c2F)cnc1NN. The number of hydrazine groups is 1. The highest BCUT2D eigenvalue weighted by molar-refractivity contribution is 6.05. The summed E-state index contributed by atoms with van der Waals surface area (Å²) < 4.78 is 41.5. The van der Waals surface area contributed by atoms with Crippen LogP contribution in [0, 0.1) is 17.5 Å². The molecule has 3 aromatic rings. The van der Waals surface area contributed by atoms with E-state index < -0.39 is 28.9 Å². The molecule has 0 aliphatic heterocycles. The molecule has 1 heterocycles. The van der Waals surface area contributed by atoms with Gasteiger partial charge in [0.05, 0.1) is 17.6 Å². The summed E-state index contributed by atoms with van der Waals surface area (Å²) in [5, 5.41) is 2.36. The fraction of sp³-hybridized carbons (Fsp3) is 0. The number of carbonyl (C=O) groups excluding carboxylic acids is 1. The Morgan fingerprint density at radius 2 is 1.86 bits per heavy atom. The van der Waals surface area contributed by atoms with E-state index in [0.29, 0.717) is 16.7 Å². The maximum absolute atomic E-state index is 14.1. The molecule has 6 N–H and O–H groups in total. The van der Waals surface area contributed by atoms with E-state index in [0.717, 1.165) is 12.1 Å². The Kier molecular flexibility index (Phi) is 5.51. The highest BCUT2D eigenvalue weighted by Crippen LogP contribution is 2.29. The fourth-order valence-electron chi connectivity index (χ4n) is 2.68. The Hall–Kier alpha value is -3.85. The van der Waals surface area contributed by atoms with Crippen molar-refractivity contribution in [3.05, 3.63) is 89.4 Å². The number of halogens is 3. The van der Waals surface area contributed by atoms with E-state index in [-0.39, 0.29) is 17.2 Å². The van der Waals surface area contributed by atoms with E-state index in [2.05, 4.69) is 22.3 Å². The second-order valence-electron chi connectivity index (χ2n) is 6.03. The van der Waals surface area contributed by atoms with E-state index in [9.17, 15) is 18.0 Å².